The molecule has 4 N–H and O–H groups in total. The molecule has 3 unspecified atom stereocenters. The van der Waals surface area contributed by atoms with Crippen LogP contribution in [0.15, 0.2) is 18.6 Å². The largest absolute Gasteiger partial charge is 0.347 e. The minimum absolute atomic E-state index is 0.0191. The topological polar surface area (TPSA) is 180 Å². The zero-order valence-corrected chi connectivity index (χ0v) is 26.8. The third kappa shape index (κ3) is 8.63. The van der Waals surface area contributed by atoms with Crippen LogP contribution in [-0.2, 0) is 24.0 Å². The molecular weight excluding hydrogens is 623 g/mol. The predicted octanol–water partition coefficient (Wildman–Crippen LogP) is 0.935. The van der Waals surface area contributed by atoms with Crippen LogP contribution in [0.5, 0.6) is 0 Å². The van der Waals surface area contributed by atoms with Crippen LogP contribution >= 0.6 is 0 Å². The van der Waals surface area contributed by atoms with E-state index in [1.165, 1.54) is 18.6 Å². The number of carbonyl (C=O) groups is 6. The summed E-state index contributed by atoms with van der Waals surface area (Å²) < 4.78 is 41.9. The summed E-state index contributed by atoms with van der Waals surface area (Å²) >= 11 is 0. The van der Waals surface area contributed by atoms with Crippen molar-refractivity contribution in [1.29, 1.82) is 0 Å². The Balaban J connectivity index is 1.54. The van der Waals surface area contributed by atoms with Crippen LogP contribution in [0.4, 0.5) is 13.2 Å². The number of rotatable bonds is 14. The summed E-state index contributed by atoms with van der Waals surface area (Å²) in [6, 6.07) is -5.72. The van der Waals surface area contributed by atoms with Crippen LogP contribution in [-0.4, -0.2) is 99.5 Å². The van der Waals surface area contributed by atoms with Crippen molar-refractivity contribution in [2.45, 2.75) is 103 Å². The maximum Gasteiger partial charge on any atom is 0.289 e. The van der Waals surface area contributed by atoms with Crippen LogP contribution in [0.3, 0.4) is 0 Å². The van der Waals surface area contributed by atoms with Crippen molar-refractivity contribution in [2.75, 3.05) is 6.54 Å². The Morgan fingerprint density at radius 1 is 0.894 bits per heavy atom. The fourth-order valence-corrected chi connectivity index (χ4v) is 6.24. The number of halogens is 3. The van der Waals surface area contributed by atoms with Crippen LogP contribution in [0, 0.1) is 23.7 Å². The molecule has 3 aliphatic rings. The van der Waals surface area contributed by atoms with E-state index in [0.29, 0.717) is 12.8 Å². The molecule has 1 aromatic rings. The number of aromatic nitrogens is 2. The van der Waals surface area contributed by atoms with Crippen molar-refractivity contribution in [3.05, 3.63) is 24.3 Å². The van der Waals surface area contributed by atoms with E-state index in [0.717, 1.165) is 4.90 Å². The fourth-order valence-electron chi connectivity index (χ4n) is 6.24. The number of nitrogens with one attached hydrogen (secondary N) is 4. The number of nitrogens with zero attached hydrogens (tertiary/aromatic N) is 3. The standard InChI is InChI=1S/C31H42F3N7O6/c1-14(2)23(39-27(43)21-12-35-9-10-36-21)28(44)40-24(15(3)4)31(47)41-13-18-17(7-8-19(18)32)25(41)29(45)38-20(11-22(33)34)26(42)30(46)37-16-5-6-16/h9-10,12,14-20,22-25H,5-8,11,13H2,1-4H3,(H,37,46)(H,38,45)(H,39,43)(H,40,44)/t17-,18?,19?,20?,23+,24-,25-/m0/s1. The monoisotopic (exact) mass is 665 g/mol. The molecule has 258 valence electrons. The molecule has 2 heterocycles. The van der Waals surface area contributed by atoms with E-state index < -0.39 is 102 Å². The van der Waals surface area contributed by atoms with Gasteiger partial charge in [0, 0.05) is 37.3 Å². The fraction of sp³-hybridized carbons (Fsp3) is 0.677. The number of alkyl halides is 3. The summed E-state index contributed by atoms with van der Waals surface area (Å²) in [4.78, 5) is 88.2. The highest BCUT2D eigenvalue weighted by molar-refractivity contribution is 6.38. The number of carbonyl (C=O) groups excluding carboxylic acids is 6. The van der Waals surface area contributed by atoms with Crippen LogP contribution < -0.4 is 21.3 Å². The van der Waals surface area contributed by atoms with Gasteiger partial charge in [-0.2, -0.15) is 0 Å². The Kier molecular flexibility index (Phi) is 11.6. The molecular formula is C31H42F3N7O6. The van der Waals surface area contributed by atoms with Gasteiger partial charge in [-0.15, -0.1) is 0 Å². The van der Waals surface area contributed by atoms with E-state index in [-0.39, 0.29) is 31.1 Å². The minimum Gasteiger partial charge on any atom is -0.347 e. The summed E-state index contributed by atoms with van der Waals surface area (Å²) in [5.74, 6) is -7.67. The van der Waals surface area contributed by atoms with E-state index in [1.54, 1.807) is 27.7 Å². The maximum absolute atomic E-state index is 15.0. The SMILES string of the molecule is CC(C)[C@H](NC(=O)[C@H](NC(=O)c1cnccn1)C(C)C)C(=O)N1CC2C(F)CC[C@@H]2[C@H]1C(=O)NC(CC(F)F)C(=O)C(=O)NC1CC1. The molecule has 13 nitrogen and oxygen atoms in total. The highest BCUT2D eigenvalue weighted by Gasteiger charge is 2.55. The van der Waals surface area contributed by atoms with Gasteiger partial charge >= 0.3 is 0 Å². The number of hydrogen-bond acceptors (Lipinski definition) is 8. The molecule has 16 heteroatoms. The average molecular weight is 666 g/mol. The number of likely N-dealkylation sites (tertiary alicyclic amines) is 1. The maximum atomic E-state index is 15.0. The summed E-state index contributed by atoms with van der Waals surface area (Å²) in [6.07, 6.45) is 0.123. The lowest BCUT2D eigenvalue weighted by atomic mass is 9.92. The van der Waals surface area contributed by atoms with Crippen molar-refractivity contribution in [3.63, 3.8) is 0 Å². The number of amides is 5. The Bertz CT molecular complexity index is 1350. The Hall–Kier alpha value is -4.11. The first-order chi connectivity index (χ1) is 22.2. The quantitative estimate of drug-likeness (QED) is 0.212. The highest BCUT2D eigenvalue weighted by Crippen LogP contribution is 2.44. The Morgan fingerprint density at radius 2 is 1.57 bits per heavy atom. The first-order valence-electron chi connectivity index (χ1n) is 15.9. The van der Waals surface area contributed by atoms with Gasteiger partial charge in [-0.05, 0) is 43.4 Å². The molecule has 0 spiro atoms. The van der Waals surface area contributed by atoms with Gasteiger partial charge in [0.1, 0.15) is 36.0 Å². The third-order valence-electron chi connectivity index (χ3n) is 8.94. The highest BCUT2D eigenvalue weighted by atomic mass is 19.3. The summed E-state index contributed by atoms with van der Waals surface area (Å²) in [7, 11) is 0. The first-order valence-corrected chi connectivity index (χ1v) is 15.9. The van der Waals surface area contributed by atoms with Gasteiger partial charge in [-0.25, -0.2) is 18.2 Å². The lowest BCUT2D eigenvalue weighted by Gasteiger charge is -2.33. The van der Waals surface area contributed by atoms with E-state index in [4.69, 9.17) is 0 Å². The zero-order chi connectivity index (χ0) is 34.6. The van der Waals surface area contributed by atoms with Gasteiger partial charge in [-0.3, -0.25) is 33.8 Å². The second kappa shape index (κ2) is 15.2. The third-order valence-corrected chi connectivity index (χ3v) is 8.94. The number of ketones is 1. The van der Waals surface area contributed by atoms with Crippen molar-refractivity contribution in [2.24, 2.45) is 23.7 Å². The second-order valence-electron chi connectivity index (χ2n) is 13.2. The van der Waals surface area contributed by atoms with Crippen molar-refractivity contribution in [1.82, 2.24) is 36.1 Å². The van der Waals surface area contributed by atoms with Crippen molar-refractivity contribution < 1.29 is 41.9 Å². The molecule has 1 aliphatic heterocycles. The van der Waals surface area contributed by atoms with Gasteiger partial charge in [0.2, 0.25) is 29.9 Å². The molecule has 4 rings (SSSR count). The van der Waals surface area contributed by atoms with E-state index in [9.17, 15) is 41.9 Å². The van der Waals surface area contributed by atoms with Crippen molar-refractivity contribution in [3.8, 4) is 0 Å². The number of Topliss-reactive ketones (excluding diaryl/α,β-unsaturated/α-hetero) is 1. The second-order valence-corrected chi connectivity index (χ2v) is 13.2. The number of hydrogen-bond donors (Lipinski definition) is 4. The summed E-state index contributed by atoms with van der Waals surface area (Å²) in [5.41, 5.74) is -0.0191. The van der Waals surface area contributed by atoms with E-state index >= 15 is 0 Å². The molecule has 1 aromatic heterocycles. The molecule has 0 bridgehead atoms. The van der Waals surface area contributed by atoms with Gasteiger partial charge in [0.15, 0.2) is 0 Å². The van der Waals surface area contributed by atoms with Gasteiger partial charge in [-0.1, -0.05) is 27.7 Å². The molecule has 7 atom stereocenters. The molecule has 0 radical (unpaired) electrons. The Labute approximate surface area is 270 Å². The first kappa shape index (κ1) is 35.7. The summed E-state index contributed by atoms with van der Waals surface area (Å²) in [5, 5.41) is 9.98. The molecule has 3 fully saturated rings. The lowest BCUT2D eigenvalue weighted by Crippen LogP contribution is -2.60. The predicted molar refractivity (Wildman–Crippen MR) is 160 cm³/mol. The van der Waals surface area contributed by atoms with E-state index in [2.05, 4.69) is 31.2 Å². The average Bonchev–Trinajstić information content (AvgIpc) is 3.64. The minimum atomic E-state index is -3.03. The molecule has 5 amide bonds. The zero-order valence-electron chi connectivity index (χ0n) is 26.8. The normalized spacial score (nSPS) is 24.0. The number of fused-ring (bicyclic) bond motifs is 1. The Morgan fingerprint density at radius 3 is 2.15 bits per heavy atom. The molecule has 2 aliphatic carbocycles. The lowest BCUT2D eigenvalue weighted by molar-refractivity contribution is -0.145. The van der Waals surface area contributed by atoms with Gasteiger partial charge in [0.25, 0.3) is 11.8 Å². The summed E-state index contributed by atoms with van der Waals surface area (Å²) in [6.45, 7) is 6.53. The van der Waals surface area contributed by atoms with Crippen molar-refractivity contribution >= 4 is 35.3 Å². The van der Waals surface area contributed by atoms with Crippen LogP contribution in [0.2, 0.25) is 0 Å². The van der Waals surface area contributed by atoms with Gasteiger partial charge in [0.05, 0.1) is 6.20 Å². The molecule has 2 saturated carbocycles. The smallest absolute Gasteiger partial charge is 0.289 e. The molecule has 47 heavy (non-hydrogen) atoms. The molecule has 0 aromatic carbocycles. The van der Waals surface area contributed by atoms with Gasteiger partial charge < -0.3 is 26.2 Å². The van der Waals surface area contributed by atoms with E-state index in [1.807, 2.05) is 0 Å². The molecule has 1 saturated heterocycles. The van der Waals surface area contributed by atoms with Crippen LogP contribution in [0.1, 0.15) is 70.3 Å². The van der Waals surface area contributed by atoms with Crippen LogP contribution in [0.25, 0.3) is 0 Å².